The van der Waals surface area contributed by atoms with Crippen molar-refractivity contribution >= 4 is 11.9 Å². The minimum absolute atomic E-state index is 0.0443. The monoisotopic (exact) mass is 298 g/mol. The summed E-state index contributed by atoms with van der Waals surface area (Å²) in [5.74, 6) is -1.69. The molecule has 0 aromatic carbocycles. The summed E-state index contributed by atoms with van der Waals surface area (Å²) in [6, 6.07) is -0.958. The second-order valence-corrected chi connectivity index (χ2v) is 5.74. The zero-order chi connectivity index (χ0) is 16.2. The van der Waals surface area contributed by atoms with Gasteiger partial charge in [-0.3, -0.25) is 4.79 Å². The minimum Gasteiger partial charge on any atom is -0.478 e. The fourth-order valence-corrected chi connectivity index (χ4v) is 3.06. The molecule has 0 aliphatic heterocycles. The Kier molecular flexibility index (Phi) is 6.36. The zero-order valence-electron chi connectivity index (χ0n) is 12.9. The Labute approximate surface area is 125 Å². The molecule has 1 aliphatic rings. The summed E-state index contributed by atoms with van der Waals surface area (Å²) < 4.78 is 0. The molecule has 1 rings (SSSR count). The quantitative estimate of drug-likeness (QED) is 0.575. The SMILES string of the molecule is CCC(CC)C(O)C1C=C(C(=O)O)CC(N)C1NC(C)=O. The Morgan fingerprint density at radius 1 is 1.43 bits per heavy atom. The van der Waals surface area contributed by atoms with Crippen LogP contribution in [0.1, 0.15) is 40.0 Å². The van der Waals surface area contributed by atoms with E-state index in [1.165, 1.54) is 6.92 Å². The summed E-state index contributed by atoms with van der Waals surface area (Å²) in [5, 5.41) is 22.5. The zero-order valence-corrected chi connectivity index (χ0v) is 12.9. The number of aliphatic hydroxyl groups is 1. The van der Waals surface area contributed by atoms with Crippen LogP contribution in [-0.4, -0.2) is 40.3 Å². The van der Waals surface area contributed by atoms with Gasteiger partial charge in [-0.25, -0.2) is 4.79 Å². The third-order valence-electron chi connectivity index (χ3n) is 4.30. The van der Waals surface area contributed by atoms with Crippen molar-refractivity contribution in [2.45, 2.75) is 58.2 Å². The summed E-state index contributed by atoms with van der Waals surface area (Å²) in [7, 11) is 0. The molecule has 1 aliphatic carbocycles. The number of hydrogen-bond donors (Lipinski definition) is 4. The molecule has 0 aromatic heterocycles. The molecule has 0 radical (unpaired) electrons. The van der Waals surface area contributed by atoms with Crippen LogP contribution in [0.5, 0.6) is 0 Å². The highest BCUT2D eigenvalue weighted by molar-refractivity contribution is 5.87. The highest BCUT2D eigenvalue weighted by atomic mass is 16.4. The van der Waals surface area contributed by atoms with E-state index in [4.69, 9.17) is 5.73 Å². The van der Waals surface area contributed by atoms with Crippen molar-refractivity contribution in [3.8, 4) is 0 Å². The Morgan fingerprint density at radius 3 is 2.43 bits per heavy atom. The topological polar surface area (TPSA) is 113 Å². The predicted octanol–water partition coefficient (Wildman–Crippen LogP) is 0.646. The number of nitrogens with one attached hydrogen (secondary N) is 1. The van der Waals surface area contributed by atoms with Crippen molar-refractivity contribution in [3.05, 3.63) is 11.6 Å². The lowest BCUT2D eigenvalue weighted by Crippen LogP contribution is -2.57. The molecule has 1 amide bonds. The van der Waals surface area contributed by atoms with Crippen molar-refractivity contribution in [1.29, 1.82) is 0 Å². The van der Waals surface area contributed by atoms with Gasteiger partial charge in [0.15, 0.2) is 0 Å². The average molecular weight is 298 g/mol. The molecule has 4 unspecified atom stereocenters. The fraction of sp³-hybridized carbons (Fsp3) is 0.733. The van der Waals surface area contributed by atoms with Crippen LogP contribution in [-0.2, 0) is 9.59 Å². The molecule has 0 spiro atoms. The third kappa shape index (κ3) is 4.28. The molecule has 21 heavy (non-hydrogen) atoms. The number of aliphatic carboxylic acids is 1. The van der Waals surface area contributed by atoms with Crippen LogP contribution in [0.2, 0.25) is 0 Å². The van der Waals surface area contributed by atoms with E-state index in [1.54, 1.807) is 6.08 Å². The lowest BCUT2D eigenvalue weighted by atomic mass is 9.75. The van der Waals surface area contributed by atoms with Crippen LogP contribution in [0.3, 0.4) is 0 Å². The largest absolute Gasteiger partial charge is 0.478 e. The maximum absolute atomic E-state index is 11.4. The van der Waals surface area contributed by atoms with E-state index in [1.807, 2.05) is 13.8 Å². The number of aliphatic hydroxyl groups excluding tert-OH is 1. The highest BCUT2D eigenvalue weighted by Gasteiger charge is 2.39. The summed E-state index contributed by atoms with van der Waals surface area (Å²) in [6.45, 7) is 5.36. The van der Waals surface area contributed by atoms with Gasteiger partial charge in [0.1, 0.15) is 0 Å². The highest BCUT2D eigenvalue weighted by Crippen LogP contribution is 2.30. The molecule has 6 nitrogen and oxygen atoms in total. The van der Waals surface area contributed by atoms with Crippen LogP contribution >= 0.6 is 0 Å². The van der Waals surface area contributed by atoms with Gasteiger partial charge in [0.2, 0.25) is 5.91 Å². The predicted molar refractivity (Wildman–Crippen MR) is 79.5 cm³/mol. The minimum atomic E-state index is -1.02. The molecule has 5 N–H and O–H groups in total. The lowest BCUT2D eigenvalue weighted by molar-refractivity contribution is -0.133. The van der Waals surface area contributed by atoms with Crippen molar-refractivity contribution in [1.82, 2.24) is 5.32 Å². The van der Waals surface area contributed by atoms with Crippen molar-refractivity contribution in [2.75, 3.05) is 0 Å². The second-order valence-electron chi connectivity index (χ2n) is 5.74. The van der Waals surface area contributed by atoms with Crippen LogP contribution in [0.25, 0.3) is 0 Å². The van der Waals surface area contributed by atoms with Gasteiger partial charge in [0.05, 0.1) is 12.1 Å². The van der Waals surface area contributed by atoms with Crippen LogP contribution in [0.4, 0.5) is 0 Å². The number of carbonyl (C=O) groups is 2. The van der Waals surface area contributed by atoms with Crippen molar-refractivity contribution in [2.24, 2.45) is 17.6 Å². The molecular formula is C15H26N2O4. The van der Waals surface area contributed by atoms with Gasteiger partial charge in [-0.05, 0) is 12.3 Å². The van der Waals surface area contributed by atoms with Gasteiger partial charge in [-0.2, -0.15) is 0 Å². The normalized spacial score (nSPS) is 27.1. The smallest absolute Gasteiger partial charge is 0.331 e. The number of nitrogens with two attached hydrogens (primary N) is 1. The fourth-order valence-electron chi connectivity index (χ4n) is 3.06. The van der Waals surface area contributed by atoms with E-state index < -0.39 is 30.1 Å². The summed E-state index contributed by atoms with van der Waals surface area (Å²) in [5.41, 5.74) is 6.24. The van der Waals surface area contributed by atoms with Crippen molar-refractivity contribution < 1.29 is 19.8 Å². The first-order chi connectivity index (χ1) is 9.81. The van der Waals surface area contributed by atoms with Gasteiger partial charge < -0.3 is 21.3 Å². The summed E-state index contributed by atoms with van der Waals surface area (Å²) in [4.78, 5) is 22.6. The molecule has 0 bridgehead atoms. The molecule has 0 fully saturated rings. The maximum Gasteiger partial charge on any atom is 0.331 e. The van der Waals surface area contributed by atoms with Gasteiger partial charge in [0, 0.05) is 24.5 Å². The van der Waals surface area contributed by atoms with Crippen molar-refractivity contribution in [3.63, 3.8) is 0 Å². The number of amides is 1. The number of carboxylic acids is 1. The van der Waals surface area contributed by atoms with E-state index >= 15 is 0 Å². The Hall–Kier alpha value is -1.40. The molecule has 0 saturated carbocycles. The van der Waals surface area contributed by atoms with E-state index in [0.717, 1.165) is 12.8 Å². The third-order valence-corrected chi connectivity index (χ3v) is 4.30. The lowest BCUT2D eigenvalue weighted by Gasteiger charge is -2.39. The second kappa shape index (κ2) is 7.56. The number of hydrogen-bond acceptors (Lipinski definition) is 4. The van der Waals surface area contributed by atoms with E-state index in [-0.39, 0.29) is 23.8 Å². The van der Waals surface area contributed by atoms with Gasteiger partial charge in [0.25, 0.3) is 0 Å². The molecular weight excluding hydrogens is 272 g/mol. The number of carbonyl (C=O) groups excluding carboxylic acids is 1. The van der Waals surface area contributed by atoms with Gasteiger partial charge in [-0.1, -0.05) is 32.8 Å². The maximum atomic E-state index is 11.4. The average Bonchev–Trinajstić information content (AvgIpc) is 2.41. The molecule has 0 heterocycles. The van der Waals surface area contributed by atoms with E-state index in [2.05, 4.69) is 5.32 Å². The van der Waals surface area contributed by atoms with Crippen LogP contribution in [0.15, 0.2) is 11.6 Å². The molecule has 6 heteroatoms. The standard InChI is InChI=1S/C15H26N2O4/c1-4-9(5-2)14(19)11-6-10(15(20)21)7-12(16)13(11)17-8(3)18/h6,9,11-14,19H,4-5,7,16H2,1-3H3,(H,17,18)(H,20,21). The molecule has 4 atom stereocenters. The Bertz CT molecular complexity index is 418. The number of rotatable bonds is 6. The Morgan fingerprint density at radius 2 is 2.00 bits per heavy atom. The summed E-state index contributed by atoms with van der Waals surface area (Å²) in [6.07, 6.45) is 2.60. The molecule has 0 saturated heterocycles. The van der Waals surface area contributed by atoms with Crippen LogP contribution in [0, 0.1) is 11.8 Å². The van der Waals surface area contributed by atoms with E-state index in [0.29, 0.717) is 0 Å². The first kappa shape index (κ1) is 17.7. The number of carboxylic acid groups (broad SMARTS) is 1. The Balaban J connectivity index is 3.11. The summed E-state index contributed by atoms with van der Waals surface area (Å²) >= 11 is 0. The van der Waals surface area contributed by atoms with E-state index in [9.17, 15) is 19.8 Å². The first-order valence-corrected chi connectivity index (χ1v) is 7.46. The van der Waals surface area contributed by atoms with Crippen LogP contribution < -0.4 is 11.1 Å². The van der Waals surface area contributed by atoms with Gasteiger partial charge >= 0.3 is 5.97 Å². The first-order valence-electron chi connectivity index (χ1n) is 7.46. The van der Waals surface area contributed by atoms with Gasteiger partial charge in [-0.15, -0.1) is 0 Å². The molecule has 120 valence electrons. The molecule has 0 aromatic rings.